The van der Waals surface area contributed by atoms with Crippen LogP contribution in [0.25, 0.3) is 0 Å². The van der Waals surface area contributed by atoms with E-state index in [9.17, 15) is 14.9 Å². The maximum absolute atomic E-state index is 11.5. The number of aromatic nitrogens is 1. The molecule has 1 N–H and O–H groups in total. The summed E-state index contributed by atoms with van der Waals surface area (Å²) in [7, 11) is 0. The fourth-order valence-electron chi connectivity index (χ4n) is 2.01. The zero-order valence-electron chi connectivity index (χ0n) is 11.1. The van der Waals surface area contributed by atoms with Gasteiger partial charge in [0.05, 0.1) is 11.5 Å². The normalized spacial score (nSPS) is 15.9. The number of nitro groups is 1. The molecule has 0 atom stereocenters. The van der Waals surface area contributed by atoms with E-state index >= 15 is 0 Å². The van der Waals surface area contributed by atoms with E-state index in [0.717, 1.165) is 24.2 Å². The number of piperidine rings is 1. The summed E-state index contributed by atoms with van der Waals surface area (Å²) in [5, 5.41) is 14.3. The Morgan fingerprint density at radius 2 is 2.35 bits per heavy atom. The second kappa shape index (κ2) is 6.51. The van der Waals surface area contributed by atoms with Gasteiger partial charge in [0.15, 0.2) is 5.13 Å². The summed E-state index contributed by atoms with van der Waals surface area (Å²) in [5.41, 5.74) is 0. The van der Waals surface area contributed by atoms with Crippen molar-refractivity contribution in [2.45, 2.75) is 25.8 Å². The minimum atomic E-state index is -0.452. The zero-order chi connectivity index (χ0) is 14.5. The summed E-state index contributed by atoms with van der Waals surface area (Å²) in [6.45, 7) is 3.38. The molecule has 0 aromatic carbocycles. The van der Waals surface area contributed by atoms with Crippen molar-refractivity contribution in [2.75, 3.05) is 25.0 Å². The Morgan fingerprint density at radius 3 is 2.90 bits per heavy atom. The molecule has 0 aliphatic carbocycles. The first-order valence-electron chi connectivity index (χ1n) is 6.38. The molecule has 1 aromatic rings. The monoisotopic (exact) mass is 300 g/mol. The minimum Gasteiger partial charge on any atom is -0.450 e. The van der Waals surface area contributed by atoms with E-state index in [0.29, 0.717) is 24.8 Å². The summed E-state index contributed by atoms with van der Waals surface area (Å²) >= 11 is 1.02. The van der Waals surface area contributed by atoms with Crippen LogP contribution in [0, 0.1) is 10.1 Å². The molecule has 1 saturated heterocycles. The van der Waals surface area contributed by atoms with Gasteiger partial charge in [-0.25, -0.2) is 9.78 Å². The number of hydrogen-bond donors (Lipinski definition) is 1. The third-order valence-electron chi connectivity index (χ3n) is 3.02. The van der Waals surface area contributed by atoms with Gasteiger partial charge in [-0.2, -0.15) is 0 Å². The van der Waals surface area contributed by atoms with Crippen molar-refractivity contribution >= 4 is 27.6 Å². The van der Waals surface area contributed by atoms with Crippen molar-refractivity contribution in [3.63, 3.8) is 0 Å². The Morgan fingerprint density at radius 1 is 1.65 bits per heavy atom. The summed E-state index contributed by atoms with van der Waals surface area (Å²) in [5.74, 6) is 0. The first-order valence-corrected chi connectivity index (χ1v) is 7.20. The van der Waals surface area contributed by atoms with Gasteiger partial charge in [-0.1, -0.05) is 0 Å². The quantitative estimate of drug-likeness (QED) is 0.675. The van der Waals surface area contributed by atoms with E-state index in [1.807, 2.05) is 0 Å². The first kappa shape index (κ1) is 14.5. The molecule has 2 rings (SSSR count). The van der Waals surface area contributed by atoms with Gasteiger partial charge in [0, 0.05) is 19.1 Å². The van der Waals surface area contributed by atoms with Crippen LogP contribution in [0.1, 0.15) is 19.8 Å². The van der Waals surface area contributed by atoms with Crippen LogP contribution in [-0.2, 0) is 4.74 Å². The molecule has 1 amide bonds. The highest BCUT2D eigenvalue weighted by molar-refractivity contribution is 7.18. The van der Waals surface area contributed by atoms with Crippen molar-refractivity contribution in [3.8, 4) is 0 Å². The molecule has 0 radical (unpaired) electrons. The van der Waals surface area contributed by atoms with Crippen LogP contribution >= 0.6 is 11.3 Å². The fraction of sp³-hybridized carbons (Fsp3) is 0.636. The molecular weight excluding hydrogens is 284 g/mol. The predicted octanol–water partition coefficient (Wildman–Crippen LogP) is 2.08. The lowest BCUT2D eigenvalue weighted by Crippen LogP contribution is -2.42. The molecule has 1 fully saturated rings. The van der Waals surface area contributed by atoms with Crippen LogP contribution in [0.4, 0.5) is 14.9 Å². The average Bonchev–Trinajstić information content (AvgIpc) is 2.88. The number of ether oxygens (including phenoxy) is 1. The van der Waals surface area contributed by atoms with Crippen LogP contribution in [0.3, 0.4) is 0 Å². The third kappa shape index (κ3) is 3.56. The van der Waals surface area contributed by atoms with Gasteiger partial charge in [0.1, 0.15) is 6.20 Å². The van der Waals surface area contributed by atoms with Crippen molar-refractivity contribution in [3.05, 3.63) is 16.3 Å². The van der Waals surface area contributed by atoms with E-state index in [1.165, 1.54) is 6.20 Å². The van der Waals surface area contributed by atoms with Crippen LogP contribution in [0.15, 0.2) is 6.20 Å². The molecule has 0 spiro atoms. The van der Waals surface area contributed by atoms with Gasteiger partial charge >= 0.3 is 11.1 Å². The number of likely N-dealkylation sites (tertiary alicyclic amines) is 1. The van der Waals surface area contributed by atoms with Gasteiger partial charge < -0.3 is 15.0 Å². The topological polar surface area (TPSA) is 97.6 Å². The molecule has 9 heteroatoms. The number of nitrogens with zero attached hydrogens (tertiary/aromatic N) is 3. The summed E-state index contributed by atoms with van der Waals surface area (Å²) in [6.07, 6.45) is 2.51. The van der Waals surface area contributed by atoms with Gasteiger partial charge in [-0.05, 0) is 31.1 Å². The Kier molecular flexibility index (Phi) is 4.72. The second-order valence-electron chi connectivity index (χ2n) is 4.37. The molecule has 0 saturated carbocycles. The number of hydrogen-bond acceptors (Lipinski definition) is 7. The van der Waals surface area contributed by atoms with Crippen molar-refractivity contribution < 1.29 is 14.5 Å². The molecule has 1 aliphatic rings. The van der Waals surface area contributed by atoms with E-state index in [1.54, 1.807) is 11.8 Å². The van der Waals surface area contributed by atoms with Gasteiger partial charge in [-0.15, -0.1) is 0 Å². The van der Waals surface area contributed by atoms with E-state index < -0.39 is 4.92 Å². The molecule has 0 bridgehead atoms. The molecule has 2 heterocycles. The van der Waals surface area contributed by atoms with Gasteiger partial charge in [0.25, 0.3) is 0 Å². The van der Waals surface area contributed by atoms with E-state index in [-0.39, 0.29) is 17.1 Å². The van der Waals surface area contributed by atoms with Crippen LogP contribution in [0.5, 0.6) is 0 Å². The molecular formula is C11H16N4O4S. The number of anilines is 1. The van der Waals surface area contributed by atoms with Crippen LogP contribution in [0.2, 0.25) is 0 Å². The molecule has 0 unspecified atom stereocenters. The Labute approximate surface area is 119 Å². The lowest BCUT2D eigenvalue weighted by Gasteiger charge is -2.31. The van der Waals surface area contributed by atoms with Gasteiger partial charge in [0.2, 0.25) is 0 Å². The lowest BCUT2D eigenvalue weighted by molar-refractivity contribution is -0.380. The molecule has 8 nitrogen and oxygen atoms in total. The summed E-state index contributed by atoms with van der Waals surface area (Å²) < 4.78 is 4.95. The highest BCUT2D eigenvalue weighted by Gasteiger charge is 2.24. The SMILES string of the molecule is CCOC(=O)N1CCC(Nc2ncc([N+](=O)[O-])s2)CC1. The van der Waals surface area contributed by atoms with Gasteiger partial charge in [-0.3, -0.25) is 10.1 Å². The Bertz CT molecular complexity index is 485. The number of rotatable bonds is 4. The largest absolute Gasteiger partial charge is 0.450 e. The zero-order valence-corrected chi connectivity index (χ0v) is 11.9. The highest BCUT2D eigenvalue weighted by atomic mass is 32.1. The van der Waals surface area contributed by atoms with E-state index in [4.69, 9.17) is 4.74 Å². The Hall–Kier alpha value is -1.90. The molecule has 1 aromatic heterocycles. The maximum atomic E-state index is 11.5. The van der Waals surface area contributed by atoms with Crippen molar-refractivity contribution in [2.24, 2.45) is 0 Å². The summed E-state index contributed by atoms with van der Waals surface area (Å²) in [4.78, 5) is 27.3. The predicted molar refractivity (Wildman–Crippen MR) is 74.0 cm³/mol. The number of thiazole rings is 1. The third-order valence-corrected chi connectivity index (χ3v) is 3.90. The van der Waals surface area contributed by atoms with Crippen LogP contribution in [-0.4, -0.2) is 46.6 Å². The smallest absolute Gasteiger partial charge is 0.409 e. The van der Waals surface area contributed by atoms with Crippen LogP contribution < -0.4 is 5.32 Å². The molecule has 1 aliphatic heterocycles. The van der Waals surface area contributed by atoms with Crippen molar-refractivity contribution in [1.29, 1.82) is 0 Å². The fourth-order valence-corrected chi connectivity index (χ4v) is 2.72. The number of carbonyl (C=O) groups excluding carboxylic acids is 1. The number of nitrogens with one attached hydrogen (secondary N) is 1. The molecule has 110 valence electrons. The average molecular weight is 300 g/mol. The van der Waals surface area contributed by atoms with Crippen molar-refractivity contribution in [1.82, 2.24) is 9.88 Å². The summed E-state index contributed by atoms with van der Waals surface area (Å²) in [6, 6.07) is 0.173. The highest BCUT2D eigenvalue weighted by Crippen LogP contribution is 2.27. The lowest BCUT2D eigenvalue weighted by atomic mass is 10.1. The second-order valence-corrected chi connectivity index (χ2v) is 5.37. The molecule has 20 heavy (non-hydrogen) atoms. The minimum absolute atomic E-state index is 0.0245. The Balaban J connectivity index is 1.82. The standard InChI is InChI=1S/C11H16N4O4S/c1-2-19-11(16)14-5-3-8(4-6-14)13-10-12-7-9(20-10)15(17)18/h7-8H,2-6H2,1H3,(H,12,13). The maximum Gasteiger partial charge on any atom is 0.409 e. The first-order chi connectivity index (χ1) is 9.60. The number of amides is 1. The van der Waals surface area contributed by atoms with E-state index in [2.05, 4.69) is 10.3 Å². The number of carbonyl (C=O) groups is 1.